The molecule has 3 nitrogen and oxygen atoms in total. The second-order valence-electron chi connectivity index (χ2n) is 3.18. The predicted molar refractivity (Wildman–Crippen MR) is 57.5 cm³/mol. The van der Waals surface area contributed by atoms with E-state index in [-0.39, 0.29) is 10.6 Å². The third kappa shape index (κ3) is 2.03. The SMILES string of the molecule is OC(c1cnccn1)c1cccc(F)c1Cl. The van der Waals surface area contributed by atoms with Crippen LogP contribution in [0.5, 0.6) is 0 Å². The molecule has 0 fully saturated rings. The minimum absolute atomic E-state index is 0.0966. The number of hydrogen-bond donors (Lipinski definition) is 1. The highest BCUT2D eigenvalue weighted by Crippen LogP contribution is 2.28. The van der Waals surface area contributed by atoms with E-state index >= 15 is 0 Å². The molecule has 0 spiro atoms. The lowest BCUT2D eigenvalue weighted by Gasteiger charge is -2.11. The van der Waals surface area contributed by atoms with Crippen molar-refractivity contribution < 1.29 is 9.50 Å². The fourth-order valence-electron chi connectivity index (χ4n) is 1.34. The second-order valence-corrected chi connectivity index (χ2v) is 3.55. The molecule has 1 unspecified atom stereocenters. The molecule has 82 valence electrons. The second kappa shape index (κ2) is 4.55. The highest BCUT2D eigenvalue weighted by molar-refractivity contribution is 6.31. The van der Waals surface area contributed by atoms with Gasteiger partial charge in [0.25, 0.3) is 0 Å². The van der Waals surface area contributed by atoms with Crippen LogP contribution in [0.4, 0.5) is 4.39 Å². The predicted octanol–water partition coefficient (Wildman–Crippen LogP) is 2.35. The number of benzene rings is 1. The van der Waals surface area contributed by atoms with Gasteiger partial charge in [0.2, 0.25) is 0 Å². The van der Waals surface area contributed by atoms with Crippen molar-refractivity contribution in [3.05, 3.63) is 58.9 Å². The topological polar surface area (TPSA) is 46.0 Å². The molecular weight excluding hydrogens is 231 g/mol. The first kappa shape index (κ1) is 11.0. The summed E-state index contributed by atoms with van der Waals surface area (Å²) in [6.07, 6.45) is 3.28. The van der Waals surface area contributed by atoms with Crippen molar-refractivity contribution in [2.75, 3.05) is 0 Å². The van der Waals surface area contributed by atoms with E-state index in [4.69, 9.17) is 11.6 Å². The van der Waals surface area contributed by atoms with Crippen molar-refractivity contribution >= 4 is 11.6 Å². The van der Waals surface area contributed by atoms with Crippen LogP contribution >= 0.6 is 11.6 Å². The van der Waals surface area contributed by atoms with E-state index in [1.165, 1.54) is 30.7 Å². The summed E-state index contributed by atoms with van der Waals surface area (Å²) in [5.74, 6) is -0.567. The summed E-state index contributed by atoms with van der Waals surface area (Å²) in [5, 5.41) is 9.85. The Labute approximate surface area is 96.6 Å². The molecule has 0 saturated heterocycles. The van der Waals surface area contributed by atoms with Crippen LogP contribution in [0.3, 0.4) is 0 Å². The number of aliphatic hydroxyl groups excluding tert-OH is 1. The van der Waals surface area contributed by atoms with Crippen LogP contribution in [0.2, 0.25) is 5.02 Å². The van der Waals surface area contributed by atoms with E-state index in [0.29, 0.717) is 5.69 Å². The van der Waals surface area contributed by atoms with Gasteiger partial charge in [-0.25, -0.2) is 4.39 Å². The van der Waals surface area contributed by atoms with Crippen molar-refractivity contribution in [3.63, 3.8) is 0 Å². The molecule has 1 heterocycles. The lowest BCUT2D eigenvalue weighted by atomic mass is 10.1. The third-order valence-corrected chi connectivity index (χ3v) is 2.54. The summed E-state index contributed by atoms with van der Waals surface area (Å²) in [6.45, 7) is 0. The molecule has 0 aliphatic heterocycles. The fraction of sp³-hybridized carbons (Fsp3) is 0.0909. The maximum atomic E-state index is 13.2. The van der Waals surface area contributed by atoms with Gasteiger partial charge in [0.05, 0.1) is 16.9 Å². The summed E-state index contributed by atoms with van der Waals surface area (Å²) in [5.41, 5.74) is 0.608. The van der Waals surface area contributed by atoms with E-state index in [0.717, 1.165) is 0 Å². The molecule has 1 atom stereocenters. The van der Waals surface area contributed by atoms with Crippen molar-refractivity contribution in [1.29, 1.82) is 0 Å². The first-order valence-corrected chi connectivity index (χ1v) is 4.96. The first-order valence-electron chi connectivity index (χ1n) is 4.58. The minimum atomic E-state index is -1.07. The lowest BCUT2D eigenvalue weighted by molar-refractivity contribution is 0.214. The quantitative estimate of drug-likeness (QED) is 0.874. The van der Waals surface area contributed by atoms with Gasteiger partial charge in [-0.15, -0.1) is 0 Å². The van der Waals surface area contributed by atoms with Gasteiger partial charge in [-0.05, 0) is 6.07 Å². The maximum Gasteiger partial charge on any atom is 0.142 e. The number of hydrogen-bond acceptors (Lipinski definition) is 3. The van der Waals surface area contributed by atoms with Gasteiger partial charge in [-0.3, -0.25) is 9.97 Å². The number of halogens is 2. The number of aliphatic hydroxyl groups is 1. The summed E-state index contributed by atoms with van der Waals surface area (Å²) in [7, 11) is 0. The van der Waals surface area contributed by atoms with Gasteiger partial charge in [-0.2, -0.15) is 0 Å². The van der Waals surface area contributed by atoms with Crippen molar-refractivity contribution in [2.24, 2.45) is 0 Å². The smallest absolute Gasteiger partial charge is 0.142 e. The highest BCUT2D eigenvalue weighted by atomic mass is 35.5. The monoisotopic (exact) mass is 238 g/mol. The molecule has 2 aromatic rings. The summed E-state index contributed by atoms with van der Waals surface area (Å²) in [6, 6.07) is 4.26. The molecule has 16 heavy (non-hydrogen) atoms. The molecule has 1 aromatic carbocycles. The molecule has 1 aromatic heterocycles. The van der Waals surface area contributed by atoms with Crippen LogP contribution in [-0.4, -0.2) is 15.1 Å². The molecule has 0 bridgehead atoms. The number of aromatic nitrogens is 2. The van der Waals surface area contributed by atoms with Crippen LogP contribution in [0.1, 0.15) is 17.4 Å². The van der Waals surface area contributed by atoms with E-state index in [1.54, 1.807) is 6.07 Å². The molecule has 0 saturated carbocycles. The first-order chi connectivity index (χ1) is 7.70. The Kier molecular flexibility index (Phi) is 3.12. The van der Waals surface area contributed by atoms with Crippen molar-refractivity contribution in [1.82, 2.24) is 9.97 Å². The minimum Gasteiger partial charge on any atom is -0.382 e. The Morgan fingerprint density at radius 2 is 2.12 bits per heavy atom. The zero-order valence-electron chi connectivity index (χ0n) is 8.14. The van der Waals surface area contributed by atoms with Crippen LogP contribution < -0.4 is 0 Å². The van der Waals surface area contributed by atoms with Gasteiger partial charge in [-0.1, -0.05) is 23.7 Å². The Morgan fingerprint density at radius 3 is 2.81 bits per heavy atom. The maximum absolute atomic E-state index is 13.2. The average Bonchev–Trinajstić information content (AvgIpc) is 2.33. The van der Waals surface area contributed by atoms with Gasteiger partial charge in [0.15, 0.2) is 0 Å². The Balaban J connectivity index is 2.42. The number of nitrogens with zero attached hydrogens (tertiary/aromatic N) is 2. The third-order valence-electron chi connectivity index (χ3n) is 2.14. The van der Waals surface area contributed by atoms with Gasteiger partial charge in [0, 0.05) is 18.0 Å². The van der Waals surface area contributed by atoms with Crippen molar-refractivity contribution in [2.45, 2.75) is 6.10 Å². The normalized spacial score (nSPS) is 12.4. The van der Waals surface area contributed by atoms with E-state index < -0.39 is 11.9 Å². The van der Waals surface area contributed by atoms with Gasteiger partial charge < -0.3 is 5.11 Å². The van der Waals surface area contributed by atoms with Crippen LogP contribution in [-0.2, 0) is 0 Å². The molecule has 5 heteroatoms. The fourth-order valence-corrected chi connectivity index (χ4v) is 1.57. The van der Waals surface area contributed by atoms with Crippen LogP contribution in [0, 0.1) is 5.82 Å². The molecule has 1 N–H and O–H groups in total. The highest BCUT2D eigenvalue weighted by Gasteiger charge is 2.17. The Morgan fingerprint density at radius 1 is 1.31 bits per heavy atom. The molecular formula is C11H8ClFN2O. The summed E-state index contributed by atoms with van der Waals surface area (Å²) >= 11 is 5.75. The van der Waals surface area contributed by atoms with E-state index in [1.807, 2.05) is 0 Å². The number of rotatable bonds is 2. The molecule has 0 aliphatic carbocycles. The van der Waals surface area contributed by atoms with Gasteiger partial charge >= 0.3 is 0 Å². The van der Waals surface area contributed by atoms with E-state index in [2.05, 4.69) is 9.97 Å². The molecule has 0 amide bonds. The standard InChI is InChI=1S/C11H8ClFN2O/c12-10-7(2-1-3-8(10)13)11(16)9-6-14-4-5-15-9/h1-6,11,16H. The zero-order chi connectivity index (χ0) is 11.5. The molecule has 0 radical (unpaired) electrons. The molecule has 0 aliphatic rings. The Bertz CT molecular complexity index is 493. The average molecular weight is 239 g/mol. The van der Waals surface area contributed by atoms with Crippen LogP contribution in [0.25, 0.3) is 0 Å². The van der Waals surface area contributed by atoms with Gasteiger partial charge in [0.1, 0.15) is 11.9 Å². The molecule has 2 rings (SSSR count). The Hall–Kier alpha value is -1.52. The largest absolute Gasteiger partial charge is 0.382 e. The van der Waals surface area contributed by atoms with Crippen LogP contribution in [0.15, 0.2) is 36.8 Å². The van der Waals surface area contributed by atoms with E-state index in [9.17, 15) is 9.50 Å². The zero-order valence-corrected chi connectivity index (χ0v) is 8.89. The summed E-state index contributed by atoms with van der Waals surface area (Å²) in [4.78, 5) is 7.76. The summed E-state index contributed by atoms with van der Waals surface area (Å²) < 4.78 is 13.2. The lowest BCUT2D eigenvalue weighted by Crippen LogP contribution is -2.04. The van der Waals surface area contributed by atoms with Crippen molar-refractivity contribution in [3.8, 4) is 0 Å².